The van der Waals surface area contributed by atoms with Gasteiger partial charge in [0.2, 0.25) is 15.9 Å². The number of benzene rings is 3. The maximum atomic E-state index is 12.5. The van der Waals surface area contributed by atoms with Crippen molar-refractivity contribution < 1.29 is 17.9 Å². The smallest absolute Gasteiger partial charge is 0.232 e. The molecule has 10 heteroatoms. The number of anilines is 4. The molecule has 202 valence electrons. The van der Waals surface area contributed by atoms with Crippen LogP contribution >= 0.6 is 12.4 Å². The molecule has 1 aromatic heterocycles. The zero-order valence-electron chi connectivity index (χ0n) is 21.7. The van der Waals surface area contributed by atoms with Gasteiger partial charge >= 0.3 is 0 Å². The monoisotopic (exact) mass is 556 g/mol. The van der Waals surface area contributed by atoms with E-state index in [9.17, 15) is 13.2 Å². The third-order valence-electron chi connectivity index (χ3n) is 6.00. The minimum Gasteiger partial charge on any atom is -0.494 e. The second kappa shape index (κ2) is 12.8. The minimum absolute atomic E-state index is 0. The number of hydrogen-bond donors (Lipinski definition) is 3. The Hall–Kier alpha value is -3.56. The van der Waals surface area contributed by atoms with Crippen molar-refractivity contribution in [2.45, 2.75) is 39.5 Å². The lowest BCUT2D eigenvalue weighted by molar-refractivity contribution is -0.114. The summed E-state index contributed by atoms with van der Waals surface area (Å²) < 4.78 is 33.3. The number of unbranched alkanes of at least 4 members (excludes halogenated alkanes) is 3. The molecule has 0 unspecified atom stereocenters. The number of amides is 1. The van der Waals surface area contributed by atoms with Gasteiger partial charge in [-0.15, -0.1) is 12.4 Å². The first-order chi connectivity index (χ1) is 17.8. The van der Waals surface area contributed by atoms with E-state index in [4.69, 9.17) is 9.72 Å². The number of nitrogens with zero attached hydrogens (tertiary/aromatic N) is 1. The fourth-order valence-electron chi connectivity index (χ4n) is 4.25. The highest BCUT2D eigenvalue weighted by Crippen LogP contribution is 2.38. The van der Waals surface area contributed by atoms with Gasteiger partial charge in [0.25, 0.3) is 0 Å². The van der Waals surface area contributed by atoms with Crippen LogP contribution in [-0.2, 0) is 14.8 Å². The summed E-state index contributed by atoms with van der Waals surface area (Å²) in [6.45, 7) is 3.56. The molecule has 1 amide bonds. The molecule has 0 atom stereocenters. The molecular weight excluding hydrogens is 524 g/mol. The molecule has 0 radical (unpaired) electrons. The first-order valence-corrected chi connectivity index (χ1v) is 14.0. The van der Waals surface area contributed by atoms with Crippen LogP contribution in [0.15, 0.2) is 60.7 Å². The lowest BCUT2D eigenvalue weighted by atomic mass is 10.1. The summed E-state index contributed by atoms with van der Waals surface area (Å²) in [5, 5.41) is 8.02. The van der Waals surface area contributed by atoms with E-state index >= 15 is 0 Å². The van der Waals surface area contributed by atoms with Gasteiger partial charge in [0.1, 0.15) is 5.75 Å². The molecule has 0 aliphatic carbocycles. The molecule has 0 aliphatic rings. The first kappa shape index (κ1) is 29.0. The summed E-state index contributed by atoms with van der Waals surface area (Å²) in [6.07, 6.45) is 3.59. The van der Waals surface area contributed by atoms with Gasteiger partial charge in [-0.05, 0) is 42.8 Å². The standard InChI is InChI=1S/C28H32N4O4S.ClH/c1-4-5-6-9-16-37(34,35)32-21-13-15-26(27(18-21)36-3)31-28-22-10-7-8-11-24(22)30-25-14-12-20(17-23(25)28)29-19(2)33;/h7-8,10-15,17-18,32H,4-6,9,16H2,1-3H3,(H,29,33)(H,30,31);1H. The van der Waals surface area contributed by atoms with Crippen LogP contribution in [0, 0.1) is 0 Å². The number of pyridine rings is 1. The molecule has 0 saturated carbocycles. The molecule has 0 bridgehead atoms. The van der Waals surface area contributed by atoms with Gasteiger partial charge in [-0.2, -0.15) is 0 Å². The Bertz CT molecular complexity index is 1540. The number of ether oxygens (including phenoxy) is 1. The summed E-state index contributed by atoms with van der Waals surface area (Å²) in [6, 6.07) is 18.5. The van der Waals surface area contributed by atoms with Crippen LogP contribution in [0.4, 0.5) is 22.7 Å². The Labute approximate surface area is 229 Å². The molecule has 0 fully saturated rings. The van der Waals surface area contributed by atoms with E-state index in [1.807, 2.05) is 42.5 Å². The lowest BCUT2D eigenvalue weighted by Gasteiger charge is -2.17. The van der Waals surface area contributed by atoms with E-state index in [0.29, 0.717) is 29.2 Å². The van der Waals surface area contributed by atoms with E-state index in [2.05, 4.69) is 22.3 Å². The zero-order chi connectivity index (χ0) is 26.4. The summed E-state index contributed by atoms with van der Waals surface area (Å²) in [4.78, 5) is 16.4. The maximum absolute atomic E-state index is 12.5. The summed E-state index contributed by atoms with van der Waals surface area (Å²) >= 11 is 0. The number of fused-ring (bicyclic) bond motifs is 2. The number of aromatic nitrogens is 1. The number of hydrogen-bond acceptors (Lipinski definition) is 6. The Morgan fingerprint density at radius 3 is 2.39 bits per heavy atom. The van der Waals surface area contributed by atoms with Crippen LogP contribution in [0.1, 0.15) is 39.5 Å². The predicted octanol–water partition coefficient (Wildman–Crippen LogP) is 6.84. The van der Waals surface area contributed by atoms with Crippen molar-refractivity contribution in [1.29, 1.82) is 0 Å². The largest absolute Gasteiger partial charge is 0.494 e. The molecule has 0 aliphatic heterocycles. The predicted molar refractivity (Wildman–Crippen MR) is 159 cm³/mol. The number of carbonyl (C=O) groups excluding carboxylic acids is 1. The SMILES string of the molecule is CCCCCCS(=O)(=O)Nc1ccc(Nc2c3ccccc3nc3ccc(NC(C)=O)cc23)c(OC)c1.Cl. The molecule has 4 rings (SSSR count). The van der Waals surface area contributed by atoms with Crippen molar-refractivity contribution in [3.8, 4) is 5.75 Å². The fraction of sp³-hybridized carbons (Fsp3) is 0.286. The Morgan fingerprint density at radius 1 is 0.921 bits per heavy atom. The molecule has 8 nitrogen and oxygen atoms in total. The van der Waals surface area contributed by atoms with E-state index in [0.717, 1.165) is 46.8 Å². The van der Waals surface area contributed by atoms with Crippen LogP contribution < -0.4 is 20.1 Å². The molecule has 3 N–H and O–H groups in total. The van der Waals surface area contributed by atoms with Gasteiger partial charge in [0, 0.05) is 29.4 Å². The van der Waals surface area contributed by atoms with Crippen molar-refractivity contribution in [2.24, 2.45) is 0 Å². The van der Waals surface area contributed by atoms with Crippen molar-refractivity contribution in [3.63, 3.8) is 0 Å². The van der Waals surface area contributed by atoms with Crippen LogP contribution in [0.5, 0.6) is 5.75 Å². The molecular formula is C28H33ClN4O4S. The normalized spacial score (nSPS) is 11.1. The number of sulfonamides is 1. The molecule has 3 aromatic carbocycles. The Balaban J connectivity index is 0.00000400. The summed E-state index contributed by atoms with van der Waals surface area (Å²) in [5.74, 6) is 0.409. The average molecular weight is 557 g/mol. The number of para-hydroxylation sites is 1. The quantitative estimate of drug-likeness (QED) is 0.138. The second-order valence-corrected chi connectivity index (χ2v) is 10.8. The van der Waals surface area contributed by atoms with E-state index < -0.39 is 10.0 Å². The van der Waals surface area contributed by atoms with Gasteiger partial charge in [-0.25, -0.2) is 13.4 Å². The Morgan fingerprint density at radius 2 is 1.66 bits per heavy atom. The first-order valence-electron chi connectivity index (χ1n) is 12.4. The number of rotatable bonds is 11. The van der Waals surface area contributed by atoms with Crippen molar-refractivity contribution in [2.75, 3.05) is 28.2 Å². The molecule has 0 saturated heterocycles. The van der Waals surface area contributed by atoms with E-state index in [1.165, 1.54) is 6.92 Å². The second-order valence-electron chi connectivity index (χ2n) is 8.94. The number of halogens is 1. The van der Waals surface area contributed by atoms with Gasteiger partial charge in [-0.1, -0.05) is 44.4 Å². The topological polar surface area (TPSA) is 109 Å². The minimum atomic E-state index is -3.45. The van der Waals surface area contributed by atoms with Crippen LogP contribution in [0.2, 0.25) is 0 Å². The summed E-state index contributed by atoms with van der Waals surface area (Å²) in [7, 11) is -1.91. The van der Waals surface area contributed by atoms with Crippen LogP contribution in [0.3, 0.4) is 0 Å². The van der Waals surface area contributed by atoms with Crippen molar-refractivity contribution >= 4 is 72.9 Å². The molecule has 1 heterocycles. The highest BCUT2D eigenvalue weighted by Gasteiger charge is 2.15. The number of nitrogens with one attached hydrogen (secondary N) is 3. The third kappa shape index (κ3) is 7.05. The van der Waals surface area contributed by atoms with Gasteiger partial charge in [0.15, 0.2) is 0 Å². The lowest BCUT2D eigenvalue weighted by Crippen LogP contribution is -2.16. The highest BCUT2D eigenvalue weighted by molar-refractivity contribution is 7.92. The van der Waals surface area contributed by atoms with Gasteiger partial charge < -0.3 is 15.4 Å². The van der Waals surface area contributed by atoms with Crippen molar-refractivity contribution in [3.05, 3.63) is 60.7 Å². The number of carbonyl (C=O) groups is 1. The summed E-state index contributed by atoms with van der Waals surface area (Å²) in [5.41, 5.74) is 4.15. The molecule has 4 aromatic rings. The molecule has 38 heavy (non-hydrogen) atoms. The average Bonchev–Trinajstić information content (AvgIpc) is 2.87. The van der Waals surface area contributed by atoms with E-state index in [-0.39, 0.29) is 24.1 Å². The maximum Gasteiger partial charge on any atom is 0.232 e. The molecule has 0 spiro atoms. The van der Waals surface area contributed by atoms with Gasteiger partial charge in [-0.3, -0.25) is 9.52 Å². The van der Waals surface area contributed by atoms with Crippen LogP contribution in [-0.4, -0.2) is 32.2 Å². The van der Waals surface area contributed by atoms with E-state index in [1.54, 1.807) is 25.3 Å². The third-order valence-corrected chi connectivity index (χ3v) is 7.37. The Kier molecular flexibility index (Phi) is 9.77. The number of methoxy groups -OCH3 is 1. The van der Waals surface area contributed by atoms with Crippen LogP contribution in [0.25, 0.3) is 21.8 Å². The fourth-order valence-corrected chi connectivity index (χ4v) is 5.42. The zero-order valence-corrected chi connectivity index (χ0v) is 23.3. The highest BCUT2D eigenvalue weighted by atomic mass is 35.5. The van der Waals surface area contributed by atoms with Gasteiger partial charge in [0.05, 0.1) is 41.0 Å². The van der Waals surface area contributed by atoms with Crippen molar-refractivity contribution in [1.82, 2.24) is 4.98 Å².